The van der Waals surface area contributed by atoms with E-state index in [1.54, 1.807) is 0 Å². The highest BCUT2D eigenvalue weighted by Gasteiger charge is 2.17. The summed E-state index contributed by atoms with van der Waals surface area (Å²) < 4.78 is 0. The fourth-order valence-electron chi connectivity index (χ4n) is 1.38. The van der Waals surface area contributed by atoms with E-state index in [9.17, 15) is 4.79 Å². The van der Waals surface area contributed by atoms with Crippen molar-refractivity contribution >= 4 is 5.91 Å². The van der Waals surface area contributed by atoms with Gasteiger partial charge < -0.3 is 9.80 Å². The molecule has 1 aliphatic rings. The Kier molecular flexibility index (Phi) is 8.55. The maximum atomic E-state index is 11.4. The fraction of sp³-hybridized carbons (Fsp3) is 0.833. The molecular formula is C12H23N3O. The smallest absolute Gasteiger partial charge is 0.223 e. The van der Waals surface area contributed by atoms with Gasteiger partial charge in [0.05, 0.1) is 6.07 Å². The summed E-state index contributed by atoms with van der Waals surface area (Å²) in [6.07, 6.45) is 1.96. The molecule has 0 bridgehead atoms. The van der Waals surface area contributed by atoms with Crippen LogP contribution >= 0.6 is 0 Å². The van der Waals surface area contributed by atoms with Crippen LogP contribution in [0.2, 0.25) is 0 Å². The number of piperazine rings is 1. The largest absolute Gasteiger partial charge is 0.340 e. The maximum Gasteiger partial charge on any atom is 0.223 e. The van der Waals surface area contributed by atoms with Crippen molar-refractivity contribution in [3.05, 3.63) is 0 Å². The highest BCUT2D eigenvalue weighted by Crippen LogP contribution is 2.02. The van der Waals surface area contributed by atoms with Crippen molar-refractivity contribution in [3.63, 3.8) is 0 Å². The van der Waals surface area contributed by atoms with Crippen LogP contribution in [-0.2, 0) is 4.79 Å². The molecule has 1 aliphatic heterocycles. The molecule has 4 heteroatoms. The van der Waals surface area contributed by atoms with Crippen LogP contribution in [0.5, 0.6) is 0 Å². The average Bonchev–Trinajstić information content (AvgIpc) is 2.28. The van der Waals surface area contributed by atoms with E-state index >= 15 is 0 Å². The summed E-state index contributed by atoms with van der Waals surface area (Å²) in [4.78, 5) is 15.5. The summed E-state index contributed by atoms with van der Waals surface area (Å²) in [6, 6.07) is 1.99. The number of hydrogen-bond acceptors (Lipinski definition) is 3. The Morgan fingerprint density at radius 1 is 1.25 bits per heavy atom. The lowest BCUT2D eigenvalue weighted by Crippen LogP contribution is -2.47. The Morgan fingerprint density at radius 2 is 1.75 bits per heavy atom. The maximum absolute atomic E-state index is 11.4. The van der Waals surface area contributed by atoms with Crippen molar-refractivity contribution in [2.45, 2.75) is 33.1 Å². The Bertz CT molecular complexity index is 227. The molecule has 4 nitrogen and oxygen atoms in total. The predicted molar refractivity (Wildman–Crippen MR) is 64.9 cm³/mol. The Morgan fingerprint density at radius 3 is 2.19 bits per heavy atom. The van der Waals surface area contributed by atoms with Gasteiger partial charge in [-0.3, -0.25) is 4.79 Å². The van der Waals surface area contributed by atoms with Gasteiger partial charge in [-0.15, -0.1) is 0 Å². The third kappa shape index (κ3) is 6.41. The summed E-state index contributed by atoms with van der Waals surface area (Å²) in [5.74, 6) is 0.120. The van der Waals surface area contributed by atoms with E-state index in [-0.39, 0.29) is 5.91 Å². The number of carbonyl (C=O) groups is 1. The first-order chi connectivity index (χ1) is 7.65. The molecule has 1 rings (SSSR count). The van der Waals surface area contributed by atoms with Crippen LogP contribution in [0.1, 0.15) is 33.1 Å². The molecule has 92 valence electrons. The van der Waals surface area contributed by atoms with Crippen LogP contribution in [-0.4, -0.2) is 48.9 Å². The van der Waals surface area contributed by atoms with Gasteiger partial charge in [0.2, 0.25) is 5.91 Å². The third-order valence-electron chi connectivity index (χ3n) is 2.31. The van der Waals surface area contributed by atoms with Crippen LogP contribution in [0.25, 0.3) is 0 Å². The first-order valence-corrected chi connectivity index (χ1v) is 5.98. The van der Waals surface area contributed by atoms with Gasteiger partial charge in [-0.05, 0) is 7.05 Å². The monoisotopic (exact) mass is 225 g/mol. The molecule has 0 aromatic heterocycles. The second-order valence-corrected chi connectivity index (χ2v) is 4.05. The van der Waals surface area contributed by atoms with Crippen LogP contribution in [0.3, 0.4) is 0 Å². The predicted octanol–water partition coefficient (Wildman–Crippen LogP) is 1.48. The SMILES string of the molecule is CCC.CN1CCN(C(=O)CCC#N)CC1. The number of carbonyl (C=O) groups excluding carboxylic acids is 1. The van der Waals surface area contributed by atoms with Gasteiger partial charge in [0.25, 0.3) is 0 Å². The average molecular weight is 225 g/mol. The van der Waals surface area contributed by atoms with E-state index < -0.39 is 0 Å². The molecule has 16 heavy (non-hydrogen) atoms. The number of nitriles is 1. The molecule has 0 aliphatic carbocycles. The summed E-state index contributed by atoms with van der Waals surface area (Å²) in [7, 11) is 2.05. The Labute approximate surface area is 98.8 Å². The summed E-state index contributed by atoms with van der Waals surface area (Å²) >= 11 is 0. The molecule has 0 aromatic rings. The minimum atomic E-state index is 0.120. The molecule has 0 saturated carbocycles. The Hall–Kier alpha value is -1.08. The number of likely N-dealkylation sites (N-methyl/N-ethyl adjacent to an activating group) is 1. The molecule has 0 unspecified atom stereocenters. The van der Waals surface area contributed by atoms with E-state index in [4.69, 9.17) is 5.26 Å². The zero-order chi connectivity index (χ0) is 12.4. The number of nitrogens with zero attached hydrogens (tertiary/aromatic N) is 3. The summed E-state index contributed by atoms with van der Waals surface area (Å²) in [6.45, 7) is 7.75. The zero-order valence-electron chi connectivity index (χ0n) is 10.7. The summed E-state index contributed by atoms with van der Waals surface area (Å²) in [5.41, 5.74) is 0. The van der Waals surface area contributed by atoms with Crippen molar-refractivity contribution in [1.29, 1.82) is 5.26 Å². The van der Waals surface area contributed by atoms with E-state index in [0.717, 1.165) is 26.2 Å². The first-order valence-electron chi connectivity index (χ1n) is 5.98. The molecule has 0 radical (unpaired) electrons. The molecule has 0 aromatic carbocycles. The minimum absolute atomic E-state index is 0.120. The molecule has 0 atom stereocenters. The number of amides is 1. The van der Waals surface area contributed by atoms with Crippen LogP contribution in [0, 0.1) is 11.3 Å². The molecule has 0 spiro atoms. The van der Waals surface area contributed by atoms with Crippen molar-refractivity contribution in [2.24, 2.45) is 0 Å². The van der Waals surface area contributed by atoms with Gasteiger partial charge in [0, 0.05) is 39.0 Å². The second kappa shape index (κ2) is 9.17. The third-order valence-corrected chi connectivity index (χ3v) is 2.31. The lowest BCUT2D eigenvalue weighted by molar-refractivity contribution is -0.132. The van der Waals surface area contributed by atoms with Crippen LogP contribution in [0.15, 0.2) is 0 Å². The fourth-order valence-corrected chi connectivity index (χ4v) is 1.38. The molecule has 1 heterocycles. The van der Waals surface area contributed by atoms with Gasteiger partial charge in [0.15, 0.2) is 0 Å². The first kappa shape index (κ1) is 14.9. The van der Waals surface area contributed by atoms with Crippen molar-refractivity contribution in [2.75, 3.05) is 33.2 Å². The number of hydrogen-bond donors (Lipinski definition) is 0. The molecular weight excluding hydrogens is 202 g/mol. The highest BCUT2D eigenvalue weighted by atomic mass is 16.2. The Balaban J connectivity index is 0.000000673. The molecule has 0 N–H and O–H groups in total. The van der Waals surface area contributed by atoms with Gasteiger partial charge in [0.1, 0.15) is 0 Å². The van der Waals surface area contributed by atoms with Gasteiger partial charge in [-0.2, -0.15) is 5.26 Å². The van der Waals surface area contributed by atoms with E-state index in [2.05, 4.69) is 25.8 Å². The van der Waals surface area contributed by atoms with Crippen LogP contribution in [0.4, 0.5) is 0 Å². The minimum Gasteiger partial charge on any atom is -0.340 e. The van der Waals surface area contributed by atoms with Crippen LogP contribution < -0.4 is 0 Å². The molecule has 1 saturated heterocycles. The van der Waals surface area contributed by atoms with E-state index in [0.29, 0.717) is 12.8 Å². The lowest BCUT2D eigenvalue weighted by Gasteiger charge is -2.32. The highest BCUT2D eigenvalue weighted by molar-refractivity contribution is 5.76. The standard InChI is InChI=1S/C9H15N3O.C3H8/c1-11-5-7-12(8-6-11)9(13)3-2-4-10;1-3-2/h2-3,5-8H2,1H3;3H2,1-2H3. The van der Waals surface area contributed by atoms with Gasteiger partial charge in [-0.1, -0.05) is 20.3 Å². The van der Waals surface area contributed by atoms with Crippen molar-refractivity contribution < 1.29 is 4.79 Å². The van der Waals surface area contributed by atoms with Crippen molar-refractivity contribution in [3.8, 4) is 6.07 Å². The number of rotatable bonds is 2. The normalized spacial score (nSPS) is 16.0. The van der Waals surface area contributed by atoms with E-state index in [1.165, 1.54) is 6.42 Å². The van der Waals surface area contributed by atoms with E-state index in [1.807, 2.05) is 11.0 Å². The topological polar surface area (TPSA) is 47.3 Å². The van der Waals surface area contributed by atoms with Crippen molar-refractivity contribution in [1.82, 2.24) is 9.80 Å². The van der Waals surface area contributed by atoms with Gasteiger partial charge in [-0.25, -0.2) is 0 Å². The summed E-state index contributed by atoms with van der Waals surface area (Å²) in [5, 5.41) is 8.33. The lowest BCUT2D eigenvalue weighted by atomic mass is 10.2. The molecule has 1 fully saturated rings. The van der Waals surface area contributed by atoms with Gasteiger partial charge >= 0.3 is 0 Å². The zero-order valence-corrected chi connectivity index (χ0v) is 10.7. The second-order valence-electron chi connectivity index (χ2n) is 4.05. The molecule has 1 amide bonds. The quantitative estimate of drug-likeness (QED) is 0.715.